The van der Waals surface area contributed by atoms with E-state index in [9.17, 15) is 9.59 Å². The summed E-state index contributed by atoms with van der Waals surface area (Å²) >= 11 is 0. The molecule has 0 saturated carbocycles. The molecule has 1 aliphatic rings. The molecule has 0 saturated heterocycles. The molecule has 6 nitrogen and oxygen atoms in total. The van der Waals surface area contributed by atoms with Gasteiger partial charge in [0, 0.05) is 24.0 Å². The van der Waals surface area contributed by atoms with Gasteiger partial charge in [-0.15, -0.1) is 0 Å². The highest BCUT2D eigenvalue weighted by atomic mass is 16.5. The number of nitrogens with one attached hydrogen (secondary N) is 2. The maximum Gasteiger partial charge on any atom is 0.265 e. The number of anilines is 2. The average Bonchev–Trinajstić information content (AvgIpc) is 2.57. The molecule has 1 atom stereocenters. The van der Waals surface area contributed by atoms with Gasteiger partial charge in [0.25, 0.3) is 5.91 Å². The van der Waals surface area contributed by atoms with E-state index in [4.69, 9.17) is 4.74 Å². The average molecular weight is 325 g/mol. The molecule has 24 heavy (non-hydrogen) atoms. The van der Waals surface area contributed by atoms with Crippen molar-refractivity contribution in [2.75, 3.05) is 10.6 Å². The minimum absolute atomic E-state index is 0.0673. The number of hydrogen-bond donors (Lipinski definition) is 2. The second kappa shape index (κ2) is 7.12. The maximum atomic E-state index is 12.0. The van der Waals surface area contributed by atoms with Crippen LogP contribution in [0.1, 0.15) is 25.5 Å². The highest BCUT2D eigenvalue weighted by molar-refractivity contribution is 5.99. The number of amides is 2. The Morgan fingerprint density at radius 3 is 3.00 bits per heavy atom. The van der Waals surface area contributed by atoms with Crippen LogP contribution in [0.4, 0.5) is 11.4 Å². The smallest absolute Gasteiger partial charge is 0.265 e. The van der Waals surface area contributed by atoms with Crippen molar-refractivity contribution in [3.05, 3.63) is 48.3 Å². The minimum atomic E-state index is -0.510. The third-order valence-electron chi connectivity index (χ3n) is 3.76. The zero-order valence-electron chi connectivity index (χ0n) is 13.4. The molecule has 1 aromatic carbocycles. The first-order valence-electron chi connectivity index (χ1n) is 7.93. The van der Waals surface area contributed by atoms with Crippen LogP contribution >= 0.6 is 0 Å². The van der Waals surface area contributed by atoms with E-state index in [1.165, 1.54) is 0 Å². The van der Waals surface area contributed by atoms with Crippen molar-refractivity contribution in [3.8, 4) is 5.75 Å². The number of carbonyl (C=O) groups is 2. The predicted molar refractivity (Wildman–Crippen MR) is 91.0 cm³/mol. The monoisotopic (exact) mass is 325 g/mol. The summed E-state index contributed by atoms with van der Waals surface area (Å²) in [5, 5.41) is 5.60. The van der Waals surface area contributed by atoms with E-state index in [1.54, 1.807) is 31.3 Å². The predicted octanol–water partition coefficient (Wildman–Crippen LogP) is 2.76. The Balaban J connectivity index is 1.53. The van der Waals surface area contributed by atoms with Gasteiger partial charge in [0.2, 0.25) is 5.91 Å². The Kier molecular flexibility index (Phi) is 4.74. The molecule has 6 heteroatoms. The van der Waals surface area contributed by atoms with Crippen LogP contribution in [0.3, 0.4) is 0 Å². The van der Waals surface area contributed by atoms with Crippen LogP contribution in [-0.2, 0) is 16.0 Å². The van der Waals surface area contributed by atoms with Crippen molar-refractivity contribution in [3.63, 3.8) is 0 Å². The second-order valence-corrected chi connectivity index (χ2v) is 5.68. The quantitative estimate of drug-likeness (QED) is 0.886. The van der Waals surface area contributed by atoms with Gasteiger partial charge in [-0.25, -0.2) is 0 Å². The Morgan fingerprint density at radius 1 is 1.33 bits per heavy atom. The molecule has 3 rings (SSSR count). The van der Waals surface area contributed by atoms with Gasteiger partial charge in [-0.3, -0.25) is 14.6 Å². The third kappa shape index (κ3) is 3.90. The molecule has 1 aromatic heterocycles. The summed E-state index contributed by atoms with van der Waals surface area (Å²) in [6.07, 6.45) is 3.14. The number of ether oxygens (including phenoxy) is 1. The summed E-state index contributed by atoms with van der Waals surface area (Å²) in [7, 11) is 0. The summed E-state index contributed by atoms with van der Waals surface area (Å²) in [6, 6.07) is 11.0. The molecule has 2 heterocycles. The van der Waals surface area contributed by atoms with Crippen molar-refractivity contribution >= 4 is 23.2 Å². The molecule has 0 spiro atoms. The van der Waals surface area contributed by atoms with Gasteiger partial charge in [0.1, 0.15) is 5.75 Å². The molecular weight excluding hydrogens is 306 g/mol. The van der Waals surface area contributed by atoms with Crippen molar-refractivity contribution in [2.24, 2.45) is 0 Å². The molecule has 1 unspecified atom stereocenters. The lowest BCUT2D eigenvalue weighted by molar-refractivity contribution is -0.122. The van der Waals surface area contributed by atoms with Gasteiger partial charge >= 0.3 is 0 Å². The number of hydrogen-bond acceptors (Lipinski definition) is 4. The number of aromatic nitrogens is 1. The van der Waals surface area contributed by atoms with Crippen molar-refractivity contribution in [2.45, 2.75) is 32.3 Å². The van der Waals surface area contributed by atoms with Gasteiger partial charge in [-0.1, -0.05) is 6.07 Å². The summed E-state index contributed by atoms with van der Waals surface area (Å²) in [5.41, 5.74) is 2.19. The highest BCUT2D eigenvalue weighted by Gasteiger charge is 2.23. The van der Waals surface area contributed by atoms with E-state index in [2.05, 4.69) is 15.6 Å². The van der Waals surface area contributed by atoms with Gasteiger partial charge in [0.15, 0.2) is 6.10 Å². The number of carbonyl (C=O) groups excluding carboxylic acids is 2. The summed E-state index contributed by atoms with van der Waals surface area (Å²) in [4.78, 5) is 27.9. The lowest BCUT2D eigenvalue weighted by Crippen LogP contribution is -2.34. The number of pyridine rings is 1. The number of benzene rings is 1. The SMILES string of the molecule is CC1Oc2ccc(NC(=O)CCCc3ccccn3)cc2NC1=O. The minimum Gasteiger partial charge on any atom is -0.479 e. The molecule has 1 aliphatic heterocycles. The lowest BCUT2D eigenvalue weighted by Gasteiger charge is -2.23. The molecular formula is C18H19N3O3. The molecule has 0 fully saturated rings. The first kappa shape index (κ1) is 16.0. The molecule has 2 N–H and O–H groups in total. The van der Waals surface area contributed by atoms with Crippen molar-refractivity contribution in [1.82, 2.24) is 4.98 Å². The van der Waals surface area contributed by atoms with Crippen LogP contribution in [0.15, 0.2) is 42.6 Å². The molecule has 0 aliphatic carbocycles. The van der Waals surface area contributed by atoms with Crippen LogP contribution in [0, 0.1) is 0 Å². The zero-order valence-corrected chi connectivity index (χ0v) is 13.4. The van der Waals surface area contributed by atoms with Gasteiger partial charge in [-0.05, 0) is 50.1 Å². The molecule has 2 aromatic rings. The van der Waals surface area contributed by atoms with Crippen LogP contribution in [0.2, 0.25) is 0 Å². The fourth-order valence-electron chi connectivity index (χ4n) is 2.49. The van der Waals surface area contributed by atoms with E-state index >= 15 is 0 Å². The Labute approximate surface area is 140 Å². The van der Waals surface area contributed by atoms with Crippen LogP contribution in [0.5, 0.6) is 5.75 Å². The van der Waals surface area contributed by atoms with E-state index in [0.29, 0.717) is 23.5 Å². The second-order valence-electron chi connectivity index (χ2n) is 5.68. The normalized spacial score (nSPS) is 15.9. The van der Waals surface area contributed by atoms with Crippen molar-refractivity contribution < 1.29 is 14.3 Å². The Bertz CT molecular complexity index is 746. The fraction of sp³-hybridized carbons (Fsp3) is 0.278. The van der Waals surface area contributed by atoms with Crippen LogP contribution in [0.25, 0.3) is 0 Å². The number of rotatable bonds is 5. The summed E-state index contributed by atoms with van der Waals surface area (Å²) in [5.74, 6) is 0.346. The molecule has 0 radical (unpaired) electrons. The van der Waals surface area contributed by atoms with E-state index in [1.807, 2.05) is 18.2 Å². The van der Waals surface area contributed by atoms with Crippen LogP contribution < -0.4 is 15.4 Å². The Morgan fingerprint density at radius 2 is 2.21 bits per heavy atom. The van der Waals surface area contributed by atoms with E-state index < -0.39 is 6.10 Å². The number of fused-ring (bicyclic) bond motifs is 1. The molecule has 124 valence electrons. The molecule has 2 amide bonds. The van der Waals surface area contributed by atoms with Gasteiger partial charge in [0.05, 0.1) is 5.69 Å². The van der Waals surface area contributed by atoms with Gasteiger partial charge < -0.3 is 15.4 Å². The number of nitrogens with zero attached hydrogens (tertiary/aromatic N) is 1. The molecule has 0 bridgehead atoms. The first-order chi connectivity index (χ1) is 11.6. The number of aryl methyl sites for hydroxylation is 1. The topological polar surface area (TPSA) is 80.3 Å². The van der Waals surface area contributed by atoms with Crippen LogP contribution in [-0.4, -0.2) is 22.9 Å². The first-order valence-corrected chi connectivity index (χ1v) is 7.93. The lowest BCUT2D eigenvalue weighted by atomic mass is 10.1. The van der Waals surface area contributed by atoms with Crippen molar-refractivity contribution in [1.29, 1.82) is 0 Å². The third-order valence-corrected chi connectivity index (χ3v) is 3.76. The zero-order chi connectivity index (χ0) is 16.9. The summed E-state index contributed by atoms with van der Waals surface area (Å²) < 4.78 is 5.49. The van der Waals surface area contributed by atoms with E-state index in [0.717, 1.165) is 18.5 Å². The standard InChI is InChI=1S/C18H19N3O3/c1-12-18(23)21-15-11-14(8-9-16(15)24-12)20-17(22)7-4-6-13-5-2-3-10-19-13/h2-3,5,8-12H,4,6-7H2,1H3,(H,20,22)(H,21,23). The van der Waals surface area contributed by atoms with Gasteiger partial charge in [-0.2, -0.15) is 0 Å². The Hall–Kier alpha value is -2.89. The largest absolute Gasteiger partial charge is 0.479 e. The van der Waals surface area contributed by atoms with E-state index in [-0.39, 0.29) is 11.8 Å². The maximum absolute atomic E-state index is 12.0. The summed E-state index contributed by atoms with van der Waals surface area (Å²) in [6.45, 7) is 1.69. The highest BCUT2D eigenvalue weighted by Crippen LogP contribution is 2.32. The fourth-order valence-corrected chi connectivity index (χ4v) is 2.49.